The molecule has 3 rings (SSSR count). The molecular weight excluding hydrogens is 374 g/mol. The number of nitrogens with zero attached hydrogens (tertiary/aromatic N) is 2. The summed E-state index contributed by atoms with van der Waals surface area (Å²) in [5.74, 6) is -1.89. The number of carboxylic acids is 2. The van der Waals surface area contributed by atoms with Crippen LogP contribution in [0.2, 0.25) is 0 Å². The molecule has 0 aliphatic rings. The van der Waals surface area contributed by atoms with E-state index in [1.165, 1.54) is 5.56 Å². The van der Waals surface area contributed by atoms with Crippen LogP contribution in [0.4, 0.5) is 0 Å². The summed E-state index contributed by atoms with van der Waals surface area (Å²) in [6.45, 7) is 0.483. The van der Waals surface area contributed by atoms with Gasteiger partial charge in [-0.2, -0.15) is 0 Å². The molecule has 3 aromatic rings. The van der Waals surface area contributed by atoms with E-state index in [1.54, 1.807) is 4.52 Å². The Morgan fingerprint density at radius 1 is 1.07 bits per heavy atom. The fourth-order valence-electron chi connectivity index (χ4n) is 2.40. The Balaban J connectivity index is 0.000000321. The minimum absolute atomic E-state index is 0.00928. The van der Waals surface area contributed by atoms with E-state index < -0.39 is 11.9 Å². The minimum atomic E-state index is -1.26. The van der Waals surface area contributed by atoms with Crippen LogP contribution in [0.25, 0.3) is 5.52 Å². The van der Waals surface area contributed by atoms with Crippen molar-refractivity contribution >= 4 is 17.5 Å². The molecule has 0 bridgehead atoms. The number of aliphatic carboxylic acids is 2. The molecule has 152 valence electrons. The van der Waals surface area contributed by atoms with Gasteiger partial charge in [-0.3, -0.25) is 0 Å². The molecule has 0 saturated carbocycles. The van der Waals surface area contributed by atoms with Gasteiger partial charge in [0.15, 0.2) is 0 Å². The Hall–Kier alpha value is -3.65. The third-order valence-electron chi connectivity index (χ3n) is 3.81. The summed E-state index contributed by atoms with van der Waals surface area (Å²) >= 11 is 0. The molecule has 8 nitrogen and oxygen atoms in total. The molecular formula is C21H23N3O5. The molecule has 0 aliphatic heterocycles. The molecule has 4 N–H and O–H groups in total. The summed E-state index contributed by atoms with van der Waals surface area (Å²) in [6, 6.07) is 18.2. The maximum absolute atomic E-state index is 9.55. The third kappa shape index (κ3) is 8.27. The summed E-state index contributed by atoms with van der Waals surface area (Å²) < 4.78 is 7.48. The number of benzene rings is 1. The Labute approximate surface area is 167 Å². The maximum atomic E-state index is 9.55. The van der Waals surface area contributed by atoms with Crippen LogP contribution in [-0.2, 0) is 16.0 Å². The lowest BCUT2D eigenvalue weighted by molar-refractivity contribution is -0.134. The van der Waals surface area contributed by atoms with Crippen molar-refractivity contribution in [1.29, 1.82) is 0 Å². The van der Waals surface area contributed by atoms with Crippen molar-refractivity contribution in [2.24, 2.45) is 5.73 Å². The number of ether oxygens (including phenoxy) is 1. The average molecular weight is 397 g/mol. The van der Waals surface area contributed by atoms with E-state index in [0.717, 1.165) is 18.4 Å². The number of nitrogens with two attached hydrogens (primary N) is 1. The number of pyridine rings is 1. The van der Waals surface area contributed by atoms with Crippen LogP contribution >= 0.6 is 0 Å². The molecule has 8 heteroatoms. The molecule has 2 heterocycles. The zero-order valence-electron chi connectivity index (χ0n) is 15.7. The van der Waals surface area contributed by atoms with Crippen molar-refractivity contribution < 1.29 is 24.5 Å². The van der Waals surface area contributed by atoms with Gasteiger partial charge in [0.2, 0.25) is 5.88 Å². The second-order valence-corrected chi connectivity index (χ2v) is 6.16. The highest BCUT2D eigenvalue weighted by Gasteiger charge is 2.07. The average Bonchev–Trinajstić information content (AvgIpc) is 3.13. The molecule has 0 saturated heterocycles. The lowest BCUT2D eigenvalue weighted by Crippen LogP contribution is -2.28. The van der Waals surface area contributed by atoms with Crippen LogP contribution in [0.1, 0.15) is 12.0 Å². The van der Waals surface area contributed by atoms with Crippen LogP contribution in [-0.4, -0.2) is 44.4 Å². The first-order valence-electron chi connectivity index (χ1n) is 8.94. The van der Waals surface area contributed by atoms with Crippen molar-refractivity contribution in [3.8, 4) is 5.88 Å². The van der Waals surface area contributed by atoms with Gasteiger partial charge in [0, 0.05) is 30.5 Å². The lowest BCUT2D eigenvalue weighted by atomic mass is 10.1. The fraction of sp³-hybridized carbons (Fsp3) is 0.190. The predicted molar refractivity (Wildman–Crippen MR) is 108 cm³/mol. The van der Waals surface area contributed by atoms with Crippen LogP contribution in [0.3, 0.4) is 0 Å². The largest absolute Gasteiger partial charge is 0.478 e. The topological polar surface area (TPSA) is 127 Å². The van der Waals surface area contributed by atoms with E-state index in [-0.39, 0.29) is 6.04 Å². The molecule has 0 fully saturated rings. The molecule has 1 aromatic carbocycles. The van der Waals surface area contributed by atoms with Crippen molar-refractivity contribution in [2.45, 2.75) is 18.9 Å². The Morgan fingerprint density at radius 2 is 1.72 bits per heavy atom. The highest BCUT2D eigenvalue weighted by molar-refractivity contribution is 5.89. The number of carbonyl (C=O) groups is 2. The Kier molecular flexibility index (Phi) is 8.40. The number of rotatable bonds is 8. The minimum Gasteiger partial charge on any atom is -0.478 e. The predicted octanol–water partition coefficient (Wildman–Crippen LogP) is 2.38. The van der Waals surface area contributed by atoms with E-state index in [4.69, 9.17) is 20.7 Å². The first-order chi connectivity index (χ1) is 13.9. The normalized spacial score (nSPS) is 11.6. The van der Waals surface area contributed by atoms with Gasteiger partial charge in [-0.25, -0.2) is 14.1 Å². The van der Waals surface area contributed by atoms with E-state index in [0.29, 0.717) is 24.6 Å². The van der Waals surface area contributed by atoms with E-state index in [1.807, 2.05) is 48.7 Å². The third-order valence-corrected chi connectivity index (χ3v) is 3.81. The van der Waals surface area contributed by atoms with Gasteiger partial charge in [-0.05, 0) is 30.5 Å². The van der Waals surface area contributed by atoms with Gasteiger partial charge in [0.1, 0.15) is 6.61 Å². The first kappa shape index (κ1) is 21.6. The molecule has 1 atom stereocenters. The number of hydrogen-bond acceptors (Lipinski definition) is 5. The summed E-state index contributed by atoms with van der Waals surface area (Å²) in [6.07, 6.45) is 4.89. The highest BCUT2D eigenvalue weighted by Crippen LogP contribution is 2.13. The molecule has 2 aromatic heterocycles. The smallest absolute Gasteiger partial charge is 0.328 e. The summed E-state index contributed by atoms with van der Waals surface area (Å²) in [5, 5.41) is 20.0. The highest BCUT2D eigenvalue weighted by atomic mass is 16.5. The second kappa shape index (κ2) is 11.3. The number of aryl methyl sites for hydroxylation is 1. The molecule has 29 heavy (non-hydrogen) atoms. The van der Waals surface area contributed by atoms with Gasteiger partial charge < -0.3 is 20.7 Å². The van der Waals surface area contributed by atoms with Crippen LogP contribution < -0.4 is 10.5 Å². The van der Waals surface area contributed by atoms with Gasteiger partial charge in [0.05, 0.1) is 5.52 Å². The quantitative estimate of drug-likeness (QED) is 0.498. The molecule has 1 unspecified atom stereocenters. The van der Waals surface area contributed by atoms with Crippen LogP contribution in [0, 0.1) is 0 Å². The number of fused-ring (bicyclic) bond motifs is 1. The number of carboxylic acid groups (broad SMARTS) is 2. The number of hydrogen-bond donors (Lipinski definition) is 3. The molecule has 0 amide bonds. The SMILES string of the molecule is NC(CCc1ccccc1)COc1cc2ccccn2n1.O=C(O)/C=C\C(=O)O. The zero-order chi connectivity index (χ0) is 21.1. The fourth-order valence-corrected chi connectivity index (χ4v) is 2.40. The van der Waals surface area contributed by atoms with Crippen molar-refractivity contribution in [1.82, 2.24) is 9.61 Å². The van der Waals surface area contributed by atoms with Crippen LogP contribution in [0.5, 0.6) is 5.88 Å². The lowest BCUT2D eigenvalue weighted by Gasteiger charge is -2.11. The van der Waals surface area contributed by atoms with E-state index in [2.05, 4.69) is 17.2 Å². The van der Waals surface area contributed by atoms with Gasteiger partial charge in [-0.1, -0.05) is 36.4 Å². The van der Waals surface area contributed by atoms with Crippen molar-refractivity contribution in [3.05, 3.63) is 78.5 Å². The van der Waals surface area contributed by atoms with Crippen molar-refractivity contribution in [2.75, 3.05) is 6.61 Å². The van der Waals surface area contributed by atoms with Gasteiger partial charge in [-0.15, -0.1) is 5.10 Å². The first-order valence-corrected chi connectivity index (χ1v) is 8.94. The Bertz CT molecular complexity index is 904. The Morgan fingerprint density at radius 3 is 2.34 bits per heavy atom. The van der Waals surface area contributed by atoms with Gasteiger partial charge in [0.25, 0.3) is 0 Å². The monoisotopic (exact) mass is 397 g/mol. The molecule has 0 aliphatic carbocycles. The van der Waals surface area contributed by atoms with Gasteiger partial charge >= 0.3 is 11.9 Å². The molecule has 0 radical (unpaired) electrons. The summed E-state index contributed by atoms with van der Waals surface area (Å²) in [4.78, 5) is 19.1. The van der Waals surface area contributed by atoms with E-state index >= 15 is 0 Å². The molecule has 0 spiro atoms. The summed E-state index contributed by atoms with van der Waals surface area (Å²) in [5.41, 5.74) is 8.43. The summed E-state index contributed by atoms with van der Waals surface area (Å²) in [7, 11) is 0. The van der Waals surface area contributed by atoms with E-state index in [9.17, 15) is 9.59 Å². The second-order valence-electron chi connectivity index (χ2n) is 6.16. The number of aromatic nitrogens is 2. The standard InChI is InChI=1S/C17H19N3O.C4H4O4/c18-15(10-9-14-6-2-1-3-7-14)13-21-17-12-16-8-4-5-11-20(16)19-17;5-3(6)1-2-4(7)8/h1-8,11-12,15H,9-10,13,18H2;1-2H,(H,5,6)(H,7,8)/b;2-1-. The maximum Gasteiger partial charge on any atom is 0.328 e. The zero-order valence-corrected chi connectivity index (χ0v) is 15.7. The van der Waals surface area contributed by atoms with Crippen molar-refractivity contribution in [3.63, 3.8) is 0 Å². The van der Waals surface area contributed by atoms with Crippen LogP contribution in [0.15, 0.2) is 72.9 Å².